The van der Waals surface area contributed by atoms with Gasteiger partial charge in [-0.1, -0.05) is 60.7 Å². The van der Waals surface area contributed by atoms with Crippen molar-refractivity contribution in [3.8, 4) is 0 Å². The molecule has 5 heteroatoms. The SMILES string of the molecule is COC(=O)c1cnc(CC=NC(c2ccccc2)c2ccccc2)s1. The van der Waals surface area contributed by atoms with E-state index in [-0.39, 0.29) is 12.0 Å². The van der Waals surface area contributed by atoms with Gasteiger partial charge in [-0.05, 0) is 11.1 Å². The third-order valence-corrected chi connectivity index (χ3v) is 4.69. The molecular formula is C20H18N2O2S. The minimum absolute atomic E-state index is 0.0533. The van der Waals surface area contributed by atoms with E-state index < -0.39 is 0 Å². The van der Waals surface area contributed by atoms with Gasteiger partial charge in [-0.3, -0.25) is 4.99 Å². The number of esters is 1. The molecule has 0 saturated carbocycles. The summed E-state index contributed by atoms with van der Waals surface area (Å²) >= 11 is 1.33. The van der Waals surface area contributed by atoms with Crippen LogP contribution in [-0.2, 0) is 11.2 Å². The maximum absolute atomic E-state index is 11.5. The van der Waals surface area contributed by atoms with Crippen molar-refractivity contribution >= 4 is 23.5 Å². The van der Waals surface area contributed by atoms with Crippen LogP contribution in [0.15, 0.2) is 71.9 Å². The molecule has 0 bridgehead atoms. The topological polar surface area (TPSA) is 51.5 Å². The average Bonchev–Trinajstić information content (AvgIpc) is 3.15. The van der Waals surface area contributed by atoms with Gasteiger partial charge in [0.05, 0.1) is 24.4 Å². The monoisotopic (exact) mass is 350 g/mol. The first-order valence-corrected chi connectivity index (χ1v) is 8.74. The zero-order valence-corrected chi connectivity index (χ0v) is 14.6. The summed E-state index contributed by atoms with van der Waals surface area (Å²) in [5.74, 6) is -0.355. The Morgan fingerprint density at radius 1 is 1.12 bits per heavy atom. The number of methoxy groups -OCH3 is 1. The summed E-state index contributed by atoms with van der Waals surface area (Å²) in [7, 11) is 1.37. The van der Waals surface area contributed by atoms with Crippen molar-refractivity contribution in [3.63, 3.8) is 0 Å². The number of hydrogen-bond acceptors (Lipinski definition) is 5. The van der Waals surface area contributed by atoms with Crippen LogP contribution >= 0.6 is 11.3 Å². The first kappa shape index (κ1) is 17.0. The minimum Gasteiger partial charge on any atom is -0.465 e. The van der Waals surface area contributed by atoms with Gasteiger partial charge in [0.1, 0.15) is 4.88 Å². The summed E-state index contributed by atoms with van der Waals surface area (Å²) in [5, 5.41) is 0.837. The standard InChI is InChI=1S/C20H18N2O2S/c1-24-20(23)17-14-22-18(25-17)12-13-21-19(15-8-4-2-5-9-15)16-10-6-3-7-11-16/h2-11,13-14,19H,12H2,1H3. The van der Waals surface area contributed by atoms with E-state index in [4.69, 9.17) is 9.73 Å². The fourth-order valence-electron chi connectivity index (χ4n) is 2.47. The first-order chi connectivity index (χ1) is 12.3. The highest BCUT2D eigenvalue weighted by atomic mass is 32.1. The number of carbonyl (C=O) groups excluding carboxylic acids is 1. The summed E-state index contributed by atoms with van der Waals surface area (Å²) in [6.45, 7) is 0. The van der Waals surface area contributed by atoms with Gasteiger partial charge >= 0.3 is 5.97 Å². The molecule has 0 fully saturated rings. The van der Waals surface area contributed by atoms with Crippen molar-refractivity contribution < 1.29 is 9.53 Å². The van der Waals surface area contributed by atoms with Crippen LogP contribution in [0.2, 0.25) is 0 Å². The number of thiazole rings is 1. The highest BCUT2D eigenvalue weighted by molar-refractivity contribution is 7.13. The molecule has 126 valence electrons. The Bertz CT molecular complexity index is 805. The predicted octanol–water partition coefficient (Wildman–Crippen LogP) is 4.33. The summed E-state index contributed by atoms with van der Waals surface area (Å²) in [6, 6.07) is 20.3. The molecule has 0 unspecified atom stereocenters. The molecule has 0 saturated heterocycles. The van der Waals surface area contributed by atoms with Crippen molar-refractivity contribution in [2.45, 2.75) is 12.5 Å². The van der Waals surface area contributed by atoms with E-state index in [0.717, 1.165) is 16.1 Å². The molecule has 0 spiro atoms. The van der Waals surface area contributed by atoms with Crippen LogP contribution in [-0.4, -0.2) is 24.3 Å². The molecule has 0 radical (unpaired) electrons. The fourth-order valence-corrected chi connectivity index (χ4v) is 3.26. The van der Waals surface area contributed by atoms with Crippen LogP contribution in [0, 0.1) is 0 Å². The molecule has 1 aromatic heterocycles. The Morgan fingerprint density at radius 2 is 1.72 bits per heavy atom. The summed E-state index contributed by atoms with van der Waals surface area (Å²) in [6.07, 6.45) is 3.99. The Kier molecular flexibility index (Phi) is 5.69. The third-order valence-electron chi connectivity index (χ3n) is 3.69. The quantitative estimate of drug-likeness (QED) is 0.491. The number of nitrogens with zero attached hydrogens (tertiary/aromatic N) is 2. The molecule has 0 N–H and O–H groups in total. The highest BCUT2D eigenvalue weighted by Crippen LogP contribution is 2.25. The van der Waals surface area contributed by atoms with Gasteiger partial charge in [-0.2, -0.15) is 0 Å². The van der Waals surface area contributed by atoms with Crippen molar-refractivity contribution in [2.75, 3.05) is 7.11 Å². The third kappa shape index (κ3) is 4.39. The second-order valence-corrected chi connectivity index (χ2v) is 6.48. The normalized spacial score (nSPS) is 11.1. The van der Waals surface area contributed by atoms with Crippen molar-refractivity contribution in [2.24, 2.45) is 4.99 Å². The van der Waals surface area contributed by atoms with E-state index in [1.807, 2.05) is 42.6 Å². The van der Waals surface area contributed by atoms with E-state index in [0.29, 0.717) is 11.3 Å². The van der Waals surface area contributed by atoms with Crippen LogP contribution in [0.4, 0.5) is 0 Å². The Hall–Kier alpha value is -2.79. The molecule has 4 nitrogen and oxygen atoms in total. The number of carbonyl (C=O) groups is 1. The number of ether oxygens (including phenoxy) is 1. The van der Waals surface area contributed by atoms with Crippen LogP contribution in [0.25, 0.3) is 0 Å². The molecule has 0 aliphatic carbocycles. The second-order valence-electron chi connectivity index (χ2n) is 5.37. The number of hydrogen-bond donors (Lipinski definition) is 0. The molecule has 2 aromatic carbocycles. The molecule has 3 rings (SSSR count). The lowest BCUT2D eigenvalue weighted by atomic mass is 9.99. The first-order valence-electron chi connectivity index (χ1n) is 7.92. The van der Waals surface area contributed by atoms with Gasteiger partial charge in [-0.25, -0.2) is 9.78 Å². The molecule has 0 amide bonds. The summed E-state index contributed by atoms with van der Waals surface area (Å²) in [5.41, 5.74) is 2.28. The van der Waals surface area contributed by atoms with Gasteiger partial charge in [0.25, 0.3) is 0 Å². The van der Waals surface area contributed by atoms with Crippen LogP contribution in [0.3, 0.4) is 0 Å². The van der Waals surface area contributed by atoms with E-state index >= 15 is 0 Å². The highest BCUT2D eigenvalue weighted by Gasteiger charge is 2.12. The number of aromatic nitrogens is 1. The molecule has 1 heterocycles. The van der Waals surface area contributed by atoms with Crippen LogP contribution in [0.1, 0.15) is 31.8 Å². The lowest BCUT2D eigenvalue weighted by Crippen LogP contribution is -1.99. The fraction of sp³-hybridized carbons (Fsp3) is 0.150. The predicted molar refractivity (Wildman–Crippen MR) is 100 cm³/mol. The molecule has 0 aliphatic heterocycles. The van der Waals surface area contributed by atoms with Gasteiger partial charge in [0, 0.05) is 12.6 Å². The minimum atomic E-state index is -0.355. The lowest BCUT2D eigenvalue weighted by Gasteiger charge is -2.13. The summed E-state index contributed by atoms with van der Waals surface area (Å²) in [4.78, 5) is 21.0. The lowest BCUT2D eigenvalue weighted by molar-refractivity contribution is 0.0606. The van der Waals surface area contributed by atoms with Gasteiger partial charge < -0.3 is 4.74 Å². The van der Waals surface area contributed by atoms with Gasteiger partial charge in [-0.15, -0.1) is 11.3 Å². The van der Waals surface area contributed by atoms with Gasteiger partial charge in [0.2, 0.25) is 0 Å². The largest absolute Gasteiger partial charge is 0.465 e. The van der Waals surface area contributed by atoms with Crippen molar-refractivity contribution in [1.82, 2.24) is 4.98 Å². The van der Waals surface area contributed by atoms with Crippen LogP contribution in [0.5, 0.6) is 0 Å². The van der Waals surface area contributed by atoms with Crippen molar-refractivity contribution in [1.29, 1.82) is 0 Å². The number of rotatable bonds is 6. The molecule has 3 aromatic rings. The van der Waals surface area contributed by atoms with E-state index in [1.54, 1.807) is 6.20 Å². The Morgan fingerprint density at radius 3 is 2.28 bits per heavy atom. The second kappa shape index (κ2) is 8.35. The van der Waals surface area contributed by atoms with E-state index in [9.17, 15) is 4.79 Å². The molecule has 0 atom stereocenters. The zero-order valence-electron chi connectivity index (χ0n) is 13.8. The maximum atomic E-state index is 11.5. The number of benzene rings is 2. The molecular weight excluding hydrogens is 332 g/mol. The van der Waals surface area contributed by atoms with Crippen molar-refractivity contribution in [3.05, 3.63) is 87.9 Å². The van der Waals surface area contributed by atoms with Gasteiger partial charge in [0.15, 0.2) is 0 Å². The smallest absolute Gasteiger partial charge is 0.349 e. The Labute approximate surface area is 150 Å². The molecule has 0 aliphatic rings. The average molecular weight is 350 g/mol. The summed E-state index contributed by atoms with van der Waals surface area (Å²) < 4.78 is 4.71. The van der Waals surface area contributed by atoms with E-state index in [2.05, 4.69) is 29.2 Å². The zero-order chi connectivity index (χ0) is 17.5. The maximum Gasteiger partial charge on any atom is 0.349 e. The molecule has 25 heavy (non-hydrogen) atoms. The Balaban J connectivity index is 1.77. The number of aliphatic imine (C=N–C) groups is 1. The van der Waals surface area contributed by atoms with E-state index in [1.165, 1.54) is 18.4 Å². The van der Waals surface area contributed by atoms with Crippen LogP contribution < -0.4 is 0 Å².